The molecule has 174 valence electrons. The fourth-order valence-electron chi connectivity index (χ4n) is 3.36. The van der Waals surface area contributed by atoms with Gasteiger partial charge in [-0.25, -0.2) is 4.79 Å². The summed E-state index contributed by atoms with van der Waals surface area (Å²) in [5, 5.41) is 16.4. The SMILES string of the molecule is Cc1ccccc1CSc1nnc(CNC(=O)Nc2ccc(Cl)cc2)n1-c1cc(Cl)ccc1C. The molecule has 0 aliphatic carbocycles. The number of halogens is 2. The van der Waals surface area contributed by atoms with Gasteiger partial charge in [0.25, 0.3) is 0 Å². The van der Waals surface area contributed by atoms with E-state index in [-0.39, 0.29) is 12.6 Å². The zero-order valence-electron chi connectivity index (χ0n) is 18.7. The topological polar surface area (TPSA) is 71.8 Å². The molecule has 9 heteroatoms. The van der Waals surface area contributed by atoms with Gasteiger partial charge in [-0.3, -0.25) is 4.57 Å². The average Bonchev–Trinajstić information content (AvgIpc) is 3.23. The number of nitrogens with zero attached hydrogens (tertiary/aromatic N) is 3. The van der Waals surface area contributed by atoms with Crippen LogP contribution in [0.25, 0.3) is 5.69 Å². The van der Waals surface area contributed by atoms with Gasteiger partial charge >= 0.3 is 6.03 Å². The molecule has 0 atom stereocenters. The van der Waals surface area contributed by atoms with Crippen LogP contribution in [0, 0.1) is 13.8 Å². The maximum atomic E-state index is 12.5. The van der Waals surface area contributed by atoms with Gasteiger partial charge in [-0.05, 0) is 66.9 Å². The Kier molecular flexibility index (Phi) is 7.77. The molecule has 4 rings (SSSR count). The fourth-order valence-corrected chi connectivity index (χ4v) is 4.69. The van der Waals surface area contributed by atoms with Crippen LogP contribution in [0.2, 0.25) is 10.0 Å². The van der Waals surface area contributed by atoms with E-state index in [1.54, 1.807) is 36.0 Å². The molecule has 6 nitrogen and oxygen atoms in total. The number of urea groups is 1. The van der Waals surface area contributed by atoms with Crippen molar-refractivity contribution in [2.75, 3.05) is 5.32 Å². The van der Waals surface area contributed by atoms with E-state index in [4.69, 9.17) is 23.2 Å². The Bertz CT molecular complexity index is 1310. The summed E-state index contributed by atoms with van der Waals surface area (Å²) in [6.45, 7) is 4.28. The van der Waals surface area contributed by atoms with Gasteiger partial charge in [-0.1, -0.05) is 65.3 Å². The van der Waals surface area contributed by atoms with Crippen molar-refractivity contribution in [3.05, 3.63) is 99.3 Å². The quantitative estimate of drug-likeness (QED) is 0.267. The van der Waals surface area contributed by atoms with E-state index in [0.717, 1.165) is 22.2 Å². The third-order valence-electron chi connectivity index (χ3n) is 5.24. The minimum Gasteiger partial charge on any atom is -0.331 e. The Morgan fingerprint density at radius 2 is 1.68 bits per heavy atom. The molecule has 0 saturated heterocycles. The van der Waals surface area contributed by atoms with Crippen molar-refractivity contribution in [2.45, 2.75) is 31.3 Å². The van der Waals surface area contributed by atoms with Crippen molar-refractivity contribution < 1.29 is 4.79 Å². The van der Waals surface area contributed by atoms with Crippen LogP contribution in [0.15, 0.2) is 71.9 Å². The molecule has 0 saturated carbocycles. The van der Waals surface area contributed by atoms with Crippen LogP contribution in [-0.2, 0) is 12.3 Å². The van der Waals surface area contributed by atoms with E-state index in [0.29, 0.717) is 21.6 Å². The van der Waals surface area contributed by atoms with Crippen LogP contribution >= 0.6 is 35.0 Å². The lowest BCUT2D eigenvalue weighted by molar-refractivity contribution is 0.251. The number of aromatic nitrogens is 3. The molecule has 0 unspecified atom stereocenters. The Labute approximate surface area is 212 Å². The number of nitrogens with one attached hydrogen (secondary N) is 2. The first-order chi connectivity index (χ1) is 16.4. The minimum absolute atomic E-state index is 0.184. The first kappa shape index (κ1) is 24.1. The van der Waals surface area contributed by atoms with Gasteiger partial charge in [0.05, 0.1) is 12.2 Å². The number of thioether (sulfide) groups is 1. The second kappa shape index (κ2) is 11.0. The molecule has 2 amide bonds. The lowest BCUT2D eigenvalue weighted by Crippen LogP contribution is -2.29. The van der Waals surface area contributed by atoms with Gasteiger partial charge in [0, 0.05) is 21.5 Å². The number of anilines is 1. The molecule has 0 radical (unpaired) electrons. The van der Waals surface area contributed by atoms with Crippen LogP contribution in [0.3, 0.4) is 0 Å². The molecule has 34 heavy (non-hydrogen) atoms. The molecular weight excluding hydrogens is 489 g/mol. The third-order valence-corrected chi connectivity index (χ3v) is 6.70. The van der Waals surface area contributed by atoms with E-state index in [1.165, 1.54) is 11.1 Å². The number of carbonyl (C=O) groups is 1. The van der Waals surface area contributed by atoms with Crippen LogP contribution in [-0.4, -0.2) is 20.8 Å². The zero-order chi connectivity index (χ0) is 24.1. The van der Waals surface area contributed by atoms with Crippen molar-refractivity contribution in [1.29, 1.82) is 0 Å². The largest absolute Gasteiger partial charge is 0.331 e. The van der Waals surface area contributed by atoms with E-state index in [1.807, 2.05) is 41.8 Å². The first-order valence-corrected chi connectivity index (χ1v) is 12.3. The van der Waals surface area contributed by atoms with Gasteiger partial charge in [0.1, 0.15) is 0 Å². The maximum absolute atomic E-state index is 12.5. The molecular formula is C25H23Cl2N5OS. The smallest absolute Gasteiger partial charge is 0.319 e. The van der Waals surface area contributed by atoms with Gasteiger partial charge < -0.3 is 10.6 Å². The fraction of sp³-hybridized carbons (Fsp3) is 0.160. The molecule has 4 aromatic rings. The molecule has 0 spiro atoms. The van der Waals surface area contributed by atoms with Crippen LogP contribution in [0.1, 0.15) is 22.5 Å². The van der Waals surface area contributed by atoms with Gasteiger partial charge in [-0.15, -0.1) is 10.2 Å². The molecule has 1 heterocycles. The Balaban J connectivity index is 1.56. The Morgan fingerprint density at radius 1 is 0.941 bits per heavy atom. The van der Waals surface area contributed by atoms with Crippen molar-refractivity contribution in [1.82, 2.24) is 20.1 Å². The van der Waals surface area contributed by atoms with Gasteiger partial charge in [0.2, 0.25) is 0 Å². The second-order valence-corrected chi connectivity index (χ2v) is 9.51. The Hall–Kier alpha value is -3.00. The number of hydrogen-bond donors (Lipinski definition) is 2. The molecule has 0 bridgehead atoms. The van der Waals surface area contributed by atoms with E-state index < -0.39 is 0 Å². The predicted molar refractivity (Wildman–Crippen MR) is 139 cm³/mol. The summed E-state index contributed by atoms with van der Waals surface area (Å²) in [6, 6.07) is 20.5. The van der Waals surface area contributed by atoms with E-state index >= 15 is 0 Å². The van der Waals surface area contributed by atoms with Crippen molar-refractivity contribution >= 4 is 46.7 Å². The monoisotopic (exact) mass is 511 g/mol. The molecule has 2 N–H and O–H groups in total. The second-order valence-electron chi connectivity index (χ2n) is 7.69. The van der Waals surface area contributed by atoms with Gasteiger partial charge in [-0.2, -0.15) is 0 Å². The van der Waals surface area contributed by atoms with Crippen LogP contribution < -0.4 is 10.6 Å². The summed E-state index contributed by atoms with van der Waals surface area (Å²) in [4.78, 5) is 12.5. The van der Waals surface area contributed by atoms with Crippen molar-refractivity contribution in [3.63, 3.8) is 0 Å². The summed E-state index contributed by atoms with van der Waals surface area (Å²) in [5.41, 5.74) is 4.99. The number of aryl methyl sites for hydroxylation is 2. The van der Waals surface area contributed by atoms with E-state index in [2.05, 4.69) is 39.9 Å². The van der Waals surface area contributed by atoms with E-state index in [9.17, 15) is 4.79 Å². The number of carbonyl (C=O) groups excluding carboxylic acids is 1. The van der Waals surface area contributed by atoms with Crippen molar-refractivity contribution in [3.8, 4) is 5.69 Å². The molecule has 3 aromatic carbocycles. The average molecular weight is 512 g/mol. The highest BCUT2D eigenvalue weighted by molar-refractivity contribution is 7.98. The summed E-state index contributed by atoms with van der Waals surface area (Å²) in [6.07, 6.45) is 0. The van der Waals surface area contributed by atoms with Crippen molar-refractivity contribution in [2.24, 2.45) is 0 Å². The Morgan fingerprint density at radius 3 is 2.44 bits per heavy atom. The molecule has 0 aliphatic heterocycles. The summed E-state index contributed by atoms with van der Waals surface area (Å²) in [5.74, 6) is 1.35. The third kappa shape index (κ3) is 5.91. The summed E-state index contributed by atoms with van der Waals surface area (Å²) >= 11 is 13.8. The van der Waals surface area contributed by atoms with Crippen LogP contribution in [0.5, 0.6) is 0 Å². The highest BCUT2D eigenvalue weighted by atomic mass is 35.5. The predicted octanol–water partition coefficient (Wildman–Crippen LogP) is 6.80. The molecule has 0 fully saturated rings. The molecule has 0 aliphatic rings. The summed E-state index contributed by atoms with van der Waals surface area (Å²) in [7, 11) is 0. The normalized spacial score (nSPS) is 10.8. The highest BCUT2D eigenvalue weighted by Crippen LogP contribution is 2.29. The maximum Gasteiger partial charge on any atom is 0.319 e. The lowest BCUT2D eigenvalue weighted by Gasteiger charge is -2.14. The summed E-state index contributed by atoms with van der Waals surface area (Å²) < 4.78 is 1.95. The number of benzene rings is 3. The van der Waals surface area contributed by atoms with Gasteiger partial charge in [0.15, 0.2) is 11.0 Å². The molecule has 1 aromatic heterocycles. The number of amides is 2. The first-order valence-electron chi connectivity index (χ1n) is 10.6. The van der Waals surface area contributed by atoms with Crippen LogP contribution in [0.4, 0.5) is 10.5 Å². The zero-order valence-corrected chi connectivity index (χ0v) is 21.0. The minimum atomic E-state index is -0.353. The number of hydrogen-bond acceptors (Lipinski definition) is 4. The standard InChI is InChI=1S/C25H23Cl2N5OS/c1-16-5-3-4-6-18(16)15-34-25-31-30-23(32(25)22-13-20(27)8-7-17(22)2)14-28-24(33)29-21-11-9-19(26)10-12-21/h3-13H,14-15H2,1-2H3,(H2,28,29,33). The number of rotatable bonds is 7. The highest BCUT2D eigenvalue weighted by Gasteiger charge is 2.18. The lowest BCUT2D eigenvalue weighted by atomic mass is 10.1.